The van der Waals surface area contributed by atoms with Crippen molar-refractivity contribution >= 4 is 16.8 Å². The minimum Gasteiger partial charge on any atom is -0.294 e. The molecule has 3 rings (SSSR count). The van der Waals surface area contributed by atoms with Gasteiger partial charge < -0.3 is 0 Å². The standard InChI is InChI=1S/C16H14N2O/c19-16(13-6-2-1-3-7-13)10-11-18-12-17-14-8-4-5-9-15(14)18/h1-9,12H,10-11H2/p+1. The highest BCUT2D eigenvalue weighted by Crippen LogP contribution is 2.07. The smallest absolute Gasteiger partial charge is 0.242 e. The maximum absolute atomic E-state index is 12.1. The maximum Gasteiger partial charge on any atom is 0.242 e. The first kappa shape index (κ1) is 11.7. The molecule has 0 fully saturated rings. The molecule has 2 aromatic carbocycles. The number of benzene rings is 2. The number of aromatic nitrogens is 2. The van der Waals surface area contributed by atoms with E-state index >= 15 is 0 Å². The van der Waals surface area contributed by atoms with E-state index < -0.39 is 0 Å². The van der Waals surface area contributed by atoms with Crippen LogP contribution in [0.3, 0.4) is 0 Å². The molecule has 94 valence electrons. The molecular formula is C16H15N2O+. The van der Waals surface area contributed by atoms with E-state index in [9.17, 15) is 4.79 Å². The summed E-state index contributed by atoms with van der Waals surface area (Å²) in [5.74, 6) is 0.179. The normalized spacial score (nSPS) is 10.7. The third kappa shape index (κ3) is 2.40. The van der Waals surface area contributed by atoms with Crippen molar-refractivity contribution in [2.45, 2.75) is 13.0 Å². The van der Waals surface area contributed by atoms with Gasteiger partial charge in [0.05, 0.1) is 6.54 Å². The van der Waals surface area contributed by atoms with Crippen molar-refractivity contribution in [3.8, 4) is 0 Å². The van der Waals surface area contributed by atoms with Gasteiger partial charge in [0.2, 0.25) is 6.33 Å². The molecule has 0 bridgehead atoms. The molecule has 19 heavy (non-hydrogen) atoms. The summed E-state index contributed by atoms with van der Waals surface area (Å²) in [5.41, 5.74) is 3.00. The minimum atomic E-state index is 0.179. The fourth-order valence-corrected chi connectivity index (χ4v) is 2.24. The summed E-state index contributed by atoms with van der Waals surface area (Å²) in [6.45, 7) is 0.692. The van der Waals surface area contributed by atoms with Gasteiger partial charge in [-0.25, -0.2) is 9.55 Å². The first-order valence-corrected chi connectivity index (χ1v) is 6.38. The second kappa shape index (κ2) is 5.06. The summed E-state index contributed by atoms with van der Waals surface area (Å²) < 4.78 is 2.08. The molecule has 0 atom stereocenters. The van der Waals surface area contributed by atoms with Crippen LogP contribution in [-0.4, -0.2) is 10.8 Å². The number of Topliss-reactive ketones (excluding diaryl/α,β-unsaturated/α-hetero) is 1. The van der Waals surface area contributed by atoms with E-state index in [1.807, 2.05) is 54.9 Å². The number of imidazole rings is 1. The fourth-order valence-electron chi connectivity index (χ4n) is 2.24. The molecule has 1 aromatic heterocycles. The lowest BCUT2D eigenvalue weighted by molar-refractivity contribution is -0.669. The number of rotatable bonds is 4. The molecule has 3 nitrogen and oxygen atoms in total. The van der Waals surface area contributed by atoms with Gasteiger partial charge in [0.1, 0.15) is 0 Å². The highest BCUT2D eigenvalue weighted by molar-refractivity contribution is 5.95. The number of ketones is 1. The second-order valence-electron chi connectivity index (χ2n) is 4.52. The van der Waals surface area contributed by atoms with Crippen molar-refractivity contribution in [2.24, 2.45) is 0 Å². The third-order valence-corrected chi connectivity index (χ3v) is 3.26. The molecule has 0 saturated carbocycles. The van der Waals surface area contributed by atoms with E-state index in [1.54, 1.807) is 0 Å². The van der Waals surface area contributed by atoms with Crippen LogP contribution in [0.1, 0.15) is 16.8 Å². The van der Waals surface area contributed by atoms with E-state index in [0.29, 0.717) is 13.0 Å². The SMILES string of the molecule is O=C(CC[n+]1c[nH]c2ccccc21)c1ccccc1. The lowest BCUT2D eigenvalue weighted by Crippen LogP contribution is -2.33. The maximum atomic E-state index is 12.1. The highest BCUT2D eigenvalue weighted by atomic mass is 16.1. The number of carbonyl (C=O) groups excluding carboxylic acids is 1. The van der Waals surface area contributed by atoms with Gasteiger partial charge in [-0.2, -0.15) is 0 Å². The summed E-state index contributed by atoms with van der Waals surface area (Å²) in [5, 5.41) is 0. The number of nitrogens with one attached hydrogen (secondary N) is 1. The van der Waals surface area contributed by atoms with Gasteiger partial charge in [-0.3, -0.25) is 4.79 Å². The summed E-state index contributed by atoms with van der Waals surface area (Å²) in [6, 6.07) is 17.5. The Morgan fingerprint density at radius 2 is 1.74 bits per heavy atom. The zero-order valence-corrected chi connectivity index (χ0v) is 10.5. The molecule has 3 aromatic rings. The molecule has 1 heterocycles. The number of para-hydroxylation sites is 2. The molecule has 0 spiro atoms. The summed E-state index contributed by atoms with van der Waals surface area (Å²) >= 11 is 0. The van der Waals surface area contributed by atoms with Crippen LogP contribution < -0.4 is 4.57 Å². The van der Waals surface area contributed by atoms with Crippen molar-refractivity contribution in [1.82, 2.24) is 4.98 Å². The summed E-state index contributed by atoms with van der Waals surface area (Å²) in [7, 11) is 0. The van der Waals surface area contributed by atoms with E-state index in [-0.39, 0.29) is 5.78 Å². The Kier molecular flexibility index (Phi) is 3.11. The van der Waals surface area contributed by atoms with E-state index in [4.69, 9.17) is 0 Å². The van der Waals surface area contributed by atoms with Gasteiger partial charge in [-0.1, -0.05) is 42.5 Å². The molecule has 0 amide bonds. The molecule has 1 N–H and O–H groups in total. The average molecular weight is 251 g/mol. The van der Waals surface area contributed by atoms with Crippen molar-refractivity contribution in [1.29, 1.82) is 0 Å². The van der Waals surface area contributed by atoms with Crippen molar-refractivity contribution in [3.63, 3.8) is 0 Å². The predicted molar refractivity (Wildman–Crippen MR) is 73.9 cm³/mol. The van der Waals surface area contributed by atoms with Gasteiger partial charge in [0, 0.05) is 12.0 Å². The number of nitrogens with zero attached hydrogens (tertiary/aromatic N) is 1. The van der Waals surface area contributed by atoms with Crippen molar-refractivity contribution < 1.29 is 9.36 Å². The number of hydrogen-bond acceptors (Lipinski definition) is 1. The summed E-state index contributed by atoms with van der Waals surface area (Å²) in [4.78, 5) is 15.3. The molecule has 0 saturated heterocycles. The Morgan fingerprint density at radius 1 is 1.00 bits per heavy atom. The molecule has 0 aliphatic rings. The van der Waals surface area contributed by atoms with Gasteiger partial charge >= 0.3 is 0 Å². The third-order valence-electron chi connectivity index (χ3n) is 3.26. The van der Waals surface area contributed by atoms with Crippen LogP contribution in [0.4, 0.5) is 0 Å². The van der Waals surface area contributed by atoms with Crippen LogP contribution in [0, 0.1) is 0 Å². The lowest BCUT2D eigenvalue weighted by Gasteiger charge is -1.99. The van der Waals surface area contributed by atoms with Crippen molar-refractivity contribution in [2.75, 3.05) is 0 Å². The monoisotopic (exact) mass is 251 g/mol. The molecule has 0 unspecified atom stereocenters. The van der Waals surface area contributed by atoms with Gasteiger partial charge in [0.25, 0.3) is 0 Å². The number of hydrogen-bond donors (Lipinski definition) is 1. The lowest BCUT2D eigenvalue weighted by atomic mass is 10.1. The van der Waals surface area contributed by atoms with Crippen LogP contribution in [0.15, 0.2) is 60.9 Å². The fraction of sp³-hybridized carbons (Fsp3) is 0.125. The topological polar surface area (TPSA) is 36.7 Å². The molecule has 0 radical (unpaired) electrons. The second-order valence-corrected chi connectivity index (χ2v) is 4.52. The van der Waals surface area contributed by atoms with E-state index in [1.165, 1.54) is 0 Å². The van der Waals surface area contributed by atoms with Gasteiger partial charge in [0.15, 0.2) is 16.8 Å². The molecule has 0 aliphatic carbocycles. The zero-order chi connectivity index (χ0) is 13.1. The average Bonchev–Trinajstić information content (AvgIpc) is 2.89. The number of aromatic amines is 1. The Morgan fingerprint density at radius 3 is 2.58 bits per heavy atom. The largest absolute Gasteiger partial charge is 0.294 e. The number of aryl methyl sites for hydroxylation is 1. The van der Waals surface area contributed by atoms with Crippen LogP contribution in [0.5, 0.6) is 0 Å². The Labute approximate surface area is 111 Å². The first-order chi connectivity index (χ1) is 9.34. The highest BCUT2D eigenvalue weighted by Gasteiger charge is 2.11. The molecule has 0 aliphatic heterocycles. The Hall–Kier alpha value is -2.42. The van der Waals surface area contributed by atoms with Crippen LogP contribution in [-0.2, 0) is 6.54 Å². The van der Waals surface area contributed by atoms with E-state index in [2.05, 4.69) is 15.6 Å². The first-order valence-electron chi connectivity index (χ1n) is 6.38. The minimum absolute atomic E-state index is 0.179. The Bertz CT molecular complexity index is 701. The summed E-state index contributed by atoms with van der Waals surface area (Å²) in [6.07, 6.45) is 2.43. The van der Waals surface area contributed by atoms with Gasteiger partial charge in [-0.15, -0.1) is 0 Å². The van der Waals surface area contributed by atoms with Crippen LogP contribution >= 0.6 is 0 Å². The quantitative estimate of drug-likeness (QED) is 0.562. The number of fused-ring (bicyclic) bond motifs is 1. The predicted octanol–water partition coefficient (Wildman–Crippen LogP) is 2.73. The molecular weight excluding hydrogens is 236 g/mol. The Balaban J connectivity index is 1.75. The zero-order valence-electron chi connectivity index (χ0n) is 10.5. The van der Waals surface area contributed by atoms with Crippen molar-refractivity contribution in [3.05, 3.63) is 66.5 Å². The van der Waals surface area contributed by atoms with Crippen LogP contribution in [0.25, 0.3) is 11.0 Å². The number of H-pyrrole nitrogens is 1. The number of carbonyl (C=O) groups is 1. The molecule has 3 heteroatoms. The van der Waals surface area contributed by atoms with Crippen LogP contribution in [0.2, 0.25) is 0 Å². The van der Waals surface area contributed by atoms with Gasteiger partial charge in [-0.05, 0) is 12.1 Å². The van der Waals surface area contributed by atoms with E-state index in [0.717, 1.165) is 16.6 Å².